The first-order chi connectivity index (χ1) is 9.97. The average molecular weight is 260 g/mol. The summed E-state index contributed by atoms with van der Waals surface area (Å²) in [5, 5.41) is 0. The van der Waals surface area contributed by atoms with E-state index in [1.807, 2.05) is 85.1 Å². The van der Waals surface area contributed by atoms with Crippen LogP contribution < -0.4 is 0 Å². The molecule has 0 saturated heterocycles. The SMILES string of the molecule is c1ccccc(-c2cccccccnc2)nccc1. The lowest BCUT2D eigenvalue weighted by Gasteiger charge is -1.94. The van der Waals surface area contributed by atoms with E-state index in [9.17, 15) is 0 Å². The maximum atomic E-state index is 4.46. The lowest BCUT2D eigenvalue weighted by Crippen LogP contribution is -1.78. The van der Waals surface area contributed by atoms with Gasteiger partial charge in [-0.25, -0.2) is 0 Å². The largest absolute Gasteiger partial charge is 0.264 e. The van der Waals surface area contributed by atoms with Crippen LogP contribution in [0.4, 0.5) is 0 Å². The Kier molecular flexibility index (Phi) is 5.73. The number of rotatable bonds is 1. The van der Waals surface area contributed by atoms with Crippen molar-refractivity contribution in [2.45, 2.75) is 0 Å². The van der Waals surface area contributed by atoms with Gasteiger partial charge in [-0.05, 0) is 18.2 Å². The van der Waals surface area contributed by atoms with Crippen molar-refractivity contribution >= 4 is 0 Å². The van der Waals surface area contributed by atoms with Gasteiger partial charge in [0, 0.05) is 24.2 Å². The maximum absolute atomic E-state index is 4.46. The fourth-order valence-electron chi connectivity index (χ4n) is 1.56. The van der Waals surface area contributed by atoms with Gasteiger partial charge in [-0.15, -0.1) is 0 Å². The topological polar surface area (TPSA) is 25.8 Å². The molecule has 0 aliphatic heterocycles. The molecule has 0 fully saturated rings. The van der Waals surface area contributed by atoms with Crippen molar-refractivity contribution in [1.82, 2.24) is 9.97 Å². The molecule has 0 spiro atoms. The van der Waals surface area contributed by atoms with Crippen LogP contribution in [0, 0.1) is 0 Å². The number of hydrogen-bond donors (Lipinski definition) is 0. The fourth-order valence-corrected chi connectivity index (χ4v) is 1.56. The van der Waals surface area contributed by atoms with E-state index in [1.165, 1.54) is 0 Å². The fraction of sp³-hybridized carbons (Fsp3) is 0. The van der Waals surface area contributed by atoms with Gasteiger partial charge in [-0.3, -0.25) is 9.97 Å². The Labute approximate surface area is 119 Å². The lowest BCUT2D eigenvalue weighted by molar-refractivity contribution is 1.31. The molecule has 2 heterocycles. The normalized spacial score (nSPS) is 9.00. The first-order valence-electron chi connectivity index (χ1n) is 6.45. The van der Waals surface area contributed by atoms with Crippen LogP contribution in [0.2, 0.25) is 0 Å². The number of nitrogens with zero attached hydrogens (tertiary/aromatic N) is 2. The van der Waals surface area contributed by atoms with E-state index in [4.69, 9.17) is 0 Å². The molecule has 0 N–H and O–H groups in total. The summed E-state index contributed by atoms with van der Waals surface area (Å²) in [7, 11) is 0. The van der Waals surface area contributed by atoms with E-state index in [-0.39, 0.29) is 0 Å². The van der Waals surface area contributed by atoms with Crippen molar-refractivity contribution in [3.05, 3.63) is 97.5 Å². The molecule has 0 atom stereocenters. The predicted molar refractivity (Wildman–Crippen MR) is 82.7 cm³/mol. The van der Waals surface area contributed by atoms with E-state index >= 15 is 0 Å². The summed E-state index contributed by atoms with van der Waals surface area (Å²) in [5.41, 5.74) is 1.83. The van der Waals surface area contributed by atoms with E-state index in [0.29, 0.717) is 0 Å². The Bertz CT molecular complexity index is 543. The zero-order valence-electron chi connectivity index (χ0n) is 11.1. The minimum Gasteiger partial charge on any atom is -0.264 e. The van der Waals surface area contributed by atoms with E-state index in [0.717, 1.165) is 11.3 Å². The van der Waals surface area contributed by atoms with Gasteiger partial charge in [0.25, 0.3) is 0 Å². The van der Waals surface area contributed by atoms with Gasteiger partial charge in [0.05, 0.1) is 5.69 Å². The van der Waals surface area contributed by atoms with Crippen LogP contribution in [0.15, 0.2) is 97.5 Å². The summed E-state index contributed by atoms with van der Waals surface area (Å²) < 4.78 is 0. The Morgan fingerprint density at radius 1 is 0.550 bits per heavy atom. The van der Waals surface area contributed by atoms with Crippen molar-refractivity contribution in [3.8, 4) is 11.3 Å². The first kappa shape index (κ1) is 13.7. The lowest BCUT2D eigenvalue weighted by atomic mass is 10.2. The minimum absolute atomic E-state index is 0.868. The highest BCUT2D eigenvalue weighted by Gasteiger charge is 1.92. The van der Waals surface area contributed by atoms with Crippen molar-refractivity contribution in [1.29, 1.82) is 0 Å². The second kappa shape index (κ2) is 8.38. The second-order valence-electron chi connectivity index (χ2n) is 4.00. The third kappa shape index (κ3) is 4.86. The highest BCUT2D eigenvalue weighted by atomic mass is 14.7. The molecule has 0 aliphatic carbocycles. The highest BCUT2D eigenvalue weighted by molar-refractivity contribution is 5.55. The van der Waals surface area contributed by atoms with Crippen LogP contribution >= 0.6 is 0 Å². The summed E-state index contributed by atoms with van der Waals surface area (Å²) >= 11 is 0. The van der Waals surface area contributed by atoms with Crippen LogP contribution in [-0.4, -0.2) is 9.97 Å². The van der Waals surface area contributed by atoms with Gasteiger partial charge in [-0.2, -0.15) is 0 Å². The minimum atomic E-state index is 0.868. The van der Waals surface area contributed by atoms with Gasteiger partial charge in [0.2, 0.25) is 0 Å². The van der Waals surface area contributed by atoms with Gasteiger partial charge in [0.1, 0.15) is 0 Å². The number of aromatic nitrogens is 2. The molecular weight excluding hydrogens is 244 g/mol. The van der Waals surface area contributed by atoms with Crippen LogP contribution in [-0.2, 0) is 0 Å². The molecule has 2 aromatic heterocycles. The first-order valence-corrected chi connectivity index (χ1v) is 6.45. The summed E-state index contributed by atoms with van der Waals surface area (Å²) in [5.74, 6) is 0. The average Bonchev–Trinajstić information content (AvgIpc) is 2.50. The van der Waals surface area contributed by atoms with Gasteiger partial charge >= 0.3 is 0 Å². The van der Waals surface area contributed by atoms with Gasteiger partial charge in [0.15, 0.2) is 0 Å². The summed E-state index contributed by atoms with van der Waals surface area (Å²) in [6.45, 7) is 0. The van der Waals surface area contributed by atoms with Crippen molar-refractivity contribution in [3.63, 3.8) is 0 Å². The maximum Gasteiger partial charge on any atom is 0.0717 e. The van der Waals surface area contributed by atoms with Crippen molar-refractivity contribution < 1.29 is 0 Å². The van der Waals surface area contributed by atoms with Crippen LogP contribution in [0.5, 0.6) is 0 Å². The monoisotopic (exact) mass is 260 g/mol. The van der Waals surface area contributed by atoms with E-state index < -0.39 is 0 Å². The molecule has 0 aromatic carbocycles. The molecule has 0 radical (unpaired) electrons. The van der Waals surface area contributed by atoms with Crippen molar-refractivity contribution in [2.75, 3.05) is 0 Å². The van der Waals surface area contributed by atoms with Gasteiger partial charge < -0.3 is 0 Å². The van der Waals surface area contributed by atoms with Gasteiger partial charge in [-0.1, -0.05) is 60.7 Å². The summed E-state index contributed by atoms with van der Waals surface area (Å²) in [6.07, 6.45) is 5.34. The van der Waals surface area contributed by atoms with E-state index in [2.05, 4.69) is 9.97 Å². The van der Waals surface area contributed by atoms with Crippen LogP contribution in [0.3, 0.4) is 0 Å². The zero-order valence-corrected chi connectivity index (χ0v) is 11.1. The summed E-state index contributed by atoms with van der Waals surface area (Å²) in [6, 6.07) is 25.4. The molecule has 0 bridgehead atoms. The van der Waals surface area contributed by atoms with E-state index in [1.54, 1.807) is 12.4 Å². The summed E-state index contributed by atoms with van der Waals surface area (Å²) in [4.78, 5) is 8.72. The Morgan fingerprint density at radius 3 is 1.95 bits per heavy atom. The quantitative estimate of drug-likeness (QED) is 0.759. The zero-order chi connectivity index (χ0) is 13.9. The third-order valence-electron chi connectivity index (χ3n) is 2.51. The van der Waals surface area contributed by atoms with Crippen LogP contribution in [0.25, 0.3) is 11.3 Å². The highest BCUT2D eigenvalue weighted by Crippen LogP contribution is 2.11. The Hall–Kier alpha value is -2.74. The molecule has 2 aromatic rings. The molecule has 20 heavy (non-hydrogen) atoms. The molecule has 0 unspecified atom stereocenters. The third-order valence-corrected chi connectivity index (χ3v) is 2.51. The smallest absolute Gasteiger partial charge is 0.0717 e. The van der Waals surface area contributed by atoms with Crippen LogP contribution in [0.1, 0.15) is 0 Å². The molecule has 0 aliphatic rings. The Balaban J connectivity index is 2.56. The molecule has 2 rings (SSSR count). The molecule has 2 nitrogen and oxygen atoms in total. The molecule has 0 amide bonds. The molecule has 0 saturated carbocycles. The standard InChI is InChI=1S/C18H16N2/c1-2-7-11-15-20-18(13-9-5-1)17-12-8-4-3-6-10-14-19-16-17/h1-16H. The number of hydrogen-bond acceptors (Lipinski definition) is 2. The van der Waals surface area contributed by atoms with Crippen molar-refractivity contribution in [2.24, 2.45) is 0 Å². The molecule has 2 heteroatoms. The second-order valence-corrected chi connectivity index (χ2v) is 4.00. The molecular formula is C18H16N2. The predicted octanol–water partition coefficient (Wildman–Crippen LogP) is 4.39. The Morgan fingerprint density at radius 2 is 1.15 bits per heavy atom. The molecule has 98 valence electrons.